The van der Waals surface area contributed by atoms with E-state index in [2.05, 4.69) is 9.68 Å². The maximum Gasteiger partial charge on any atom is 0.374 e. The van der Waals surface area contributed by atoms with Crippen LogP contribution in [0.5, 0.6) is 0 Å². The van der Waals surface area contributed by atoms with Gasteiger partial charge < -0.3 is 9.63 Å². The highest BCUT2D eigenvalue weighted by molar-refractivity contribution is 6.33. The van der Waals surface area contributed by atoms with Crippen LogP contribution in [0.1, 0.15) is 23.0 Å². The Kier molecular flexibility index (Phi) is 3.28. The molecule has 0 aliphatic carbocycles. The van der Waals surface area contributed by atoms with Crippen molar-refractivity contribution in [3.8, 4) is 11.3 Å². The number of benzene rings is 1. The summed E-state index contributed by atoms with van der Waals surface area (Å²) in [5, 5.41) is 12.3. The van der Waals surface area contributed by atoms with E-state index in [0.29, 0.717) is 5.56 Å². The first-order valence-corrected chi connectivity index (χ1v) is 5.55. The van der Waals surface area contributed by atoms with Gasteiger partial charge in [0.1, 0.15) is 5.69 Å². The molecule has 7 heteroatoms. The number of aromatic carboxylic acids is 1. The van der Waals surface area contributed by atoms with Crippen molar-refractivity contribution >= 4 is 17.6 Å². The Labute approximate surface area is 111 Å². The second kappa shape index (κ2) is 4.62. The zero-order chi connectivity index (χ0) is 14.2. The van der Waals surface area contributed by atoms with Crippen LogP contribution in [0.15, 0.2) is 28.8 Å². The van der Waals surface area contributed by atoms with Crippen LogP contribution in [0.3, 0.4) is 0 Å². The van der Waals surface area contributed by atoms with Gasteiger partial charge in [0.05, 0.1) is 5.02 Å². The van der Waals surface area contributed by atoms with Gasteiger partial charge in [-0.15, -0.1) is 0 Å². The molecule has 0 saturated carbocycles. The van der Waals surface area contributed by atoms with Crippen LogP contribution in [0.4, 0.5) is 8.78 Å². The number of rotatable bonds is 3. The van der Waals surface area contributed by atoms with E-state index < -0.39 is 11.9 Å². The summed E-state index contributed by atoms with van der Waals surface area (Å²) >= 11 is 5.90. The van der Waals surface area contributed by atoms with Gasteiger partial charge in [-0.2, -0.15) is 0 Å². The summed E-state index contributed by atoms with van der Waals surface area (Å²) in [7, 11) is 0. The lowest BCUT2D eigenvalue weighted by molar-refractivity contribution is 0.0175. The fourth-order valence-corrected chi connectivity index (χ4v) is 1.78. The summed E-state index contributed by atoms with van der Waals surface area (Å²) in [6, 6.07) is 4.84. The summed E-state index contributed by atoms with van der Waals surface area (Å²) in [5.74, 6) is -4.62. The van der Waals surface area contributed by atoms with E-state index in [1.165, 1.54) is 18.2 Å². The van der Waals surface area contributed by atoms with Gasteiger partial charge in [0.2, 0.25) is 5.76 Å². The minimum absolute atomic E-state index is 0.0456. The van der Waals surface area contributed by atoms with Crippen LogP contribution in [-0.2, 0) is 5.92 Å². The molecule has 0 bridgehead atoms. The van der Waals surface area contributed by atoms with Crippen molar-refractivity contribution < 1.29 is 23.2 Å². The second-order valence-corrected chi connectivity index (χ2v) is 4.37. The fraction of sp³-hybridized carbons (Fsp3) is 0.167. The van der Waals surface area contributed by atoms with Gasteiger partial charge in [0.15, 0.2) is 0 Å². The van der Waals surface area contributed by atoms with Crippen molar-refractivity contribution in [3.63, 3.8) is 0 Å². The third kappa shape index (κ3) is 2.73. The van der Waals surface area contributed by atoms with Crippen LogP contribution in [0, 0.1) is 0 Å². The Bertz CT molecular complexity index is 634. The Morgan fingerprint density at radius 1 is 1.42 bits per heavy atom. The van der Waals surface area contributed by atoms with E-state index in [1.807, 2.05) is 0 Å². The molecule has 100 valence electrons. The zero-order valence-corrected chi connectivity index (χ0v) is 10.4. The quantitative estimate of drug-likeness (QED) is 0.932. The minimum Gasteiger partial charge on any atom is -0.475 e. The molecule has 0 unspecified atom stereocenters. The predicted octanol–water partition coefficient (Wildman–Crippen LogP) is 3.80. The molecule has 1 N–H and O–H groups in total. The molecule has 0 atom stereocenters. The van der Waals surface area contributed by atoms with Crippen LogP contribution < -0.4 is 0 Å². The number of carbonyl (C=O) groups is 1. The first kappa shape index (κ1) is 13.5. The Balaban J connectivity index is 2.43. The summed E-state index contributed by atoms with van der Waals surface area (Å²) in [6.45, 7) is 0.761. The number of aromatic nitrogens is 1. The molecule has 19 heavy (non-hydrogen) atoms. The average Bonchev–Trinajstić information content (AvgIpc) is 2.76. The molecule has 2 aromatic rings. The largest absolute Gasteiger partial charge is 0.475 e. The maximum absolute atomic E-state index is 13.1. The van der Waals surface area contributed by atoms with Crippen molar-refractivity contribution in [2.24, 2.45) is 0 Å². The average molecular weight is 288 g/mol. The van der Waals surface area contributed by atoms with Crippen LogP contribution in [-0.4, -0.2) is 16.2 Å². The number of hydrogen-bond donors (Lipinski definition) is 1. The molecule has 1 aromatic carbocycles. The van der Waals surface area contributed by atoms with E-state index in [1.54, 1.807) is 0 Å². The molecule has 4 nitrogen and oxygen atoms in total. The van der Waals surface area contributed by atoms with Gasteiger partial charge in [-0.3, -0.25) is 0 Å². The van der Waals surface area contributed by atoms with Crippen molar-refractivity contribution in [1.29, 1.82) is 0 Å². The van der Waals surface area contributed by atoms with Gasteiger partial charge in [-0.05, 0) is 6.07 Å². The van der Waals surface area contributed by atoms with Gasteiger partial charge in [-0.25, -0.2) is 13.6 Å². The molecule has 0 spiro atoms. The van der Waals surface area contributed by atoms with Gasteiger partial charge in [-0.1, -0.05) is 28.9 Å². The van der Waals surface area contributed by atoms with Crippen molar-refractivity contribution in [2.45, 2.75) is 12.8 Å². The molecule has 0 amide bonds. The van der Waals surface area contributed by atoms with Gasteiger partial charge in [0, 0.05) is 24.1 Å². The van der Waals surface area contributed by atoms with E-state index >= 15 is 0 Å². The maximum atomic E-state index is 13.1. The van der Waals surface area contributed by atoms with Crippen LogP contribution in [0.25, 0.3) is 11.3 Å². The SMILES string of the molecule is CC(F)(F)c1ccc(-c2cc(C(=O)O)on2)c(Cl)c1. The topological polar surface area (TPSA) is 63.3 Å². The first-order valence-electron chi connectivity index (χ1n) is 5.17. The minimum atomic E-state index is -3.00. The number of halogens is 3. The highest BCUT2D eigenvalue weighted by Gasteiger charge is 2.25. The molecule has 2 rings (SSSR count). The molecule has 0 fully saturated rings. The summed E-state index contributed by atoms with van der Waals surface area (Å²) in [5.41, 5.74) is 0.266. The molecule has 0 radical (unpaired) electrons. The molecule has 1 heterocycles. The van der Waals surface area contributed by atoms with Gasteiger partial charge >= 0.3 is 5.97 Å². The highest BCUT2D eigenvalue weighted by atomic mass is 35.5. The van der Waals surface area contributed by atoms with E-state index in [-0.39, 0.29) is 22.0 Å². The summed E-state index contributed by atoms with van der Waals surface area (Å²) in [6.07, 6.45) is 0. The monoisotopic (exact) mass is 287 g/mol. The van der Waals surface area contributed by atoms with Crippen molar-refractivity contribution in [3.05, 3.63) is 40.6 Å². The standard InChI is InChI=1S/C12H8ClF2NO3/c1-12(14,15)6-2-3-7(8(13)4-6)9-5-10(11(17)18)19-16-9/h2-5H,1H3,(H,17,18). The van der Waals surface area contributed by atoms with Crippen molar-refractivity contribution in [1.82, 2.24) is 5.16 Å². The number of alkyl halides is 2. The Morgan fingerprint density at radius 3 is 2.58 bits per heavy atom. The second-order valence-electron chi connectivity index (χ2n) is 3.96. The molecule has 0 saturated heterocycles. The summed E-state index contributed by atoms with van der Waals surface area (Å²) in [4.78, 5) is 10.7. The normalized spacial score (nSPS) is 11.6. The van der Waals surface area contributed by atoms with E-state index in [0.717, 1.165) is 13.0 Å². The molecular weight excluding hydrogens is 280 g/mol. The number of carboxylic acid groups (broad SMARTS) is 1. The Hall–Kier alpha value is -1.95. The molecule has 0 aliphatic heterocycles. The van der Waals surface area contributed by atoms with Crippen molar-refractivity contribution in [2.75, 3.05) is 0 Å². The van der Waals surface area contributed by atoms with Crippen LogP contribution in [0.2, 0.25) is 5.02 Å². The zero-order valence-electron chi connectivity index (χ0n) is 9.65. The Morgan fingerprint density at radius 2 is 2.11 bits per heavy atom. The predicted molar refractivity (Wildman–Crippen MR) is 63.5 cm³/mol. The first-order chi connectivity index (χ1) is 8.79. The fourth-order valence-electron chi connectivity index (χ4n) is 1.50. The molecule has 0 aliphatic rings. The summed E-state index contributed by atoms with van der Waals surface area (Å²) < 4.78 is 30.8. The highest BCUT2D eigenvalue weighted by Crippen LogP contribution is 2.34. The third-order valence-corrected chi connectivity index (χ3v) is 2.79. The lowest BCUT2D eigenvalue weighted by atomic mass is 10.1. The lowest BCUT2D eigenvalue weighted by Crippen LogP contribution is -2.06. The third-order valence-electron chi connectivity index (χ3n) is 2.47. The van der Waals surface area contributed by atoms with Crippen LogP contribution >= 0.6 is 11.6 Å². The molecular formula is C12H8ClF2NO3. The lowest BCUT2D eigenvalue weighted by Gasteiger charge is -2.11. The molecule has 1 aromatic heterocycles. The smallest absolute Gasteiger partial charge is 0.374 e. The number of nitrogens with zero attached hydrogens (tertiary/aromatic N) is 1. The van der Waals surface area contributed by atoms with E-state index in [9.17, 15) is 13.6 Å². The number of hydrogen-bond acceptors (Lipinski definition) is 3. The van der Waals surface area contributed by atoms with E-state index in [4.69, 9.17) is 16.7 Å². The van der Waals surface area contributed by atoms with Gasteiger partial charge in [0.25, 0.3) is 5.92 Å². The number of carboxylic acids is 1.